The number of carbonyl (C=O) groups excluding carboxylic acids is 1. The maximum absolute atomic E-state index is 11.1. The van der Waals surface area contributed by atoms with Crippen LogP contribution in [0.3, 0.4) is 0 Å². The maximum atomic E-state index is 11.1. The van der Waals surface area contributed by atoms with E-state index >= 15 is 0 Å². The minimum atomic E-state index is -0.189. The molecule has 72 valence electrons. The lowest BCUT2D eigenvalue weighted by molar-refractivity contribution is -0.139. The summed E-state index contributed by atoms with van der Waals surface area (Å²) in [4.78, 5) is 11.1. The Bertz CT molecular complexity index is 365. The first-order valence-electron chi connectivity index (χ1n) is 4.69. The predicted molar refractivity (Wildman–Crippen MR) is 53.8 cm³/mol. The zero-order chi connectivity index (χ0) is 9.97. The summed E-state index contributed by atoms with van der Waals surface area (Å²) in [5.41, 5.74) is 1.90. The molecule has 2 heteroatoms. The summed E-state index contributed by atoms with van der Waals surface area (Å²) in [5, 5.41) is 0. The van der Waals surface area contributed by atoms with Crippen LogP contribution in [-0.4, -0.2) is 12.1 Å². The fourth-order valence-corrected chi connectivity index (χ4v) is 1.56. The minimum Gasteiger partial charge on any atom is -0.454 e. The molecule has 0 radical (unpaired) electrons. The number of rotatable bonds is 2. The van der Waals surface area contributed by atoms with E-state index in [0.717, 1.165) is 6.42 Å². The summed E-state index contributed by atoms with van der Waals surface area (Å²) in [6, 6.07) is 10.0. The monoisotopic (exact) mass is 188 g/mol. The highest BCUT2D eigenvalue weighted by atomic mass is 16.5. The van der Waals surface area contributed by atoms with E-state index in [9.17, 15) is 4.79 Å². The van der Waals surface area contributed by atoms with Crippen molar-refractivity contribution in [3.63, 3.8) is 0 Å². The molecule has 1 heterocycles. The van der Waals surface area contributed by atoms with E-state index in [1.807, 2.05) is 36.4 Å². The molecule has 1 atom stereocenters. The van der Waals surface area contributed by atoms with Gasteiger partial charge >= 0.3 is 5.97 Å². The smallest absolute Gasteiger partial charge is 0.334 e. The molecule has 0 aromatic heterocycles. The Kier molecular flexibility index (Phi) is 2.35. The van der Waals surface area contributed by atoms with E-state index in [4.69, 9.17) is 4.74 Å². The first-order valence-corrected chi connectivity index (χ1v) is 4.69. The standard InChI is InChI=1S/C12H12O2/c1-9-7-11(14-12(9)13)8-10-5-3-2-4-6-10/h2-7,11H,8H2,1H3. The molecule has 0 spiro atoms. The van der Waals surface area contributed by atoms with Crippen molar-refractivity contribution >= 4 is 5.97 Å². The number of benzene rings is 1. The number of hydrogen-bond acceptors (Lipinski definition) is 2. The van der Waals surface area contributed by atoms with Crippen LogP contribution in [0.4, 0.5) is 0 Å². The second-order valence-corrected chi connectivity index (χ2v) is 3.48. The Balaban J connectivity index is 2.04. The van der Waals surface area contributed by atoms with Crippen molar-refractivity contribution in [3.05, 3.63) is 47.5 Å². The van der Waals surface area contributed by atoms with Crippen LogP contribution in [0, 0.1) is 0 Å². The fourth-order valence-electron chi connectivity index (χ4n) is 1.56. The van der Waals surface area contributed by atoms with Crippen LogP contribution >= 0.6 is 0 Å². The molecule has 1 aromatic carbocycles. The third-order valence-electron chi connectivity index (χ3n) is 2.30. The van der Waals surface area contributed by atoms with Crippen LogP contribution < -0.4 is 0 Å². The Morgan fingerprint density at radius 3 is 2.57 bits per heavy atom. The highest BCUT2D eigenvalue weighted by molar-refractivity contribution is 5.90. The number of hydrogen-bond donors (Lipinski definition) is 0. The van der Waals surface area contributed by atoms with Crippen molar-refractivity contribution in [1.82, 2.24) is 0 Å². The second kappa shape index (κ2) is 3.66. The molecule has 1 aliphatic rings. The molecular formula is C12H12O2. The van der Waals surface area contributed by atoms with Gasteiger partial charge in [-0.2, -0.15) is 0 Å². The molecule has 0 bridgehead atoms. The van der Waals surface area contributed by atoms with Gasteiger partial charge in [0.25, 0.3) is 0 Å². The van der Waals surface area contributed by atoms with E-state index < -0.39 is 0 Å². The molecule has 0 saturated heterocycles. The van der Waals surface area contributed by atoms with Crippen LogP contribution in [0.25, 0.3) is 0 Å². The van der Waals surface area contributed by atoms with Gasteiger partial charge in [-0.3, -0.25) is 0 Å². The van der Waals surface area contributed by atoms with Crippen molar-refractivity contribution in [1.29, 1.82) is 0 Å². The third kappa shape index (κ3) is 1.84. The van der Waals surface area contributed by atoms with Gasteiger partial charge in [0.15, 0.2) is 0 Å². The molecule has 14 heavy (non-hydrogen) atoms. The van der Waals surface area contributed by atoms with Gasteiger partial charge in [0.1, 0.15) is 6.10 Å². The largest absolute Gasteiger partial charge is 0.454 e. The highest BCUT2D eigenvalue weighted by Crippen LogP contribution is 2.16. The van der Waals surface area contributed by atoms with Gasteiger partial charge in [-0.05, 0) is 18.6 Å². The third-order valence-corrected chi connectivity index (χ3v) is 2.30. The Morgan fingerprint density at radius 2 is 2.00 bits per heavy atom. The van der Waals surface area contributed by atoms with Gasteiger partial charge in [-0.25, -0.2) is 4.79 Å². The van der Waals surface area contributed by atoms with Crippen LogP contribution in [0.2, 0.25) is 0 Å². The van der Waals surface area contributed by atoms with Crippen molar-refractivity contribution in [2.45, 2.75) is 19.4 Å². The van der Waals surface area contributed by atoms with Crippen LogP contribution in [0.5, 0.6) is 0 Å². The lowest BCUT2D eigenvalue weighted by Crippen LogP contribution is -2.10. The number of ether oxygens (including phenoxy) is 1. The van der Waals surface area contributed by atoms with E-state index in [-0.39, 0.29) is 12.1 Å². The van der Waals surface area contributed by atoms with Crippen LogP contribution in [0.1, 0.15) is 12.5 Å². The number of esters is 1. The second-order valence-electron chi connectivity index (χ2n) is 3.48. The topological polar surface area (TPSA) is 26.3 Å². The first kappa shape index (κ1) is 9.00. The Hall–Kier alpha value is -1.57. The average Bonchev–Trinajstić information content (AvgIpc) is 2.47. The number of cyclic esters (lactones) is 1. The van der Waals surface area contributed by atoms with Crippen molar-refractivity contribution < 1.29 is 9.53 Å². The average molecular weight is 188 g/mol. The van der Waals surface area contributed by atoms with Gasteiger partial charge in [0.05, 0.1) is 0 Å². The quantitative estimate of drug-likeness (QED) is 0.664. The van der Waals surface area contributed by atoms with Gasteiger partial charge in [0.2, 0.25) is 0 Å². The molecule has 0 saturated carbocycles. The summed E-state index contributed by atoms with van der Waals surface area (Å²) in [6.45, 7) is 1.79. The molecule has 1 aromatic rings. The molecule has 2 rings (SSSR count). The Morgan fingerprint density at radius 1 is 1.29 bits per heavy atom. The molecule has 0 fully saturated rings. The molecular weight excluding hydrogens is 176 g/mol. The SMILES string of the molecule is CC1=CC(Cc2ccccc2)OC1=O. The van der Waals surface area contributed by atoms with E-state index in [2.05, 4.69) is 0 Å². The zero-order valence-corrected chi connectivity index (χ0v) is 8.07. The maximum Gasteiger partial charge on any atom is 0.334 e. The minimum absolute atomic E-state index is 0.0788. The van der Waals surface area contributed by atoms with Crippen molar-refractivity contribution in [2.75, 3.05) is 0 Å². The van der Waals surface area contributed by atoms with Gasteiger partial charge in [-0.15, -0.1) is 0 Å². The lowest BCUT2D eigenvalue weighted by atomic mass is 10.1. The van der Waals surface area contributed by atoms with Crippen molar-refractivity contribution in [2.24, 2.45) is 0 Å². The molecule has 1 aliphatic heterocycles. The lowest BCUT2D eigenvalue weighted by Gasteiger charge is -2.07. The summed E-state index contributed by atoms with van der Waals surface area (Å²) < 4.78 is 5.15. The molecule has 2 nitrogen and oxygen atoms in total. The van der Waals surface area contributed by atoms with Crippen LogP contribution in [-0.2, 0) is 16.0 Å². The summed E-state index contributed by atoms with van der Waals surface area (Å²) in [6.07, 6.45) is 2.57. The molecule has 1 unspecified atom stereocenters. The van der Waals surface area contributed by atoms with Crippen LogP contribution in [0.15, 0.2) is 42.0 Å². The molecule has 0 amide bonds. The van der Waals surface area contributed by atoms with E-state index in [0.29, 0.717) is 5.57 Å². The highest BCUT2D eigenvalue weighted by Gasteiger charge is 2.21. The predicted octanol–water partition coefficient (Wildman–Crippen LogP) is 2.10. The van der Waals surface area contributed by atoms with Gasteiger partial charge in [-0.1, -0.05) is 30.3 Å². The summed E-state index contributed by atoms with van der Waals surface area (Å²) in [5.74, 6) is -0.189. The molecule has 0 aliphatic carbocycles. The summed E-state index contributed by atoms with van der Waals surface area (Å²) >= 11 is 0. The fraction of sp³-hybridized carbons (Fsp3) is 0.250. The van der Waals surface area contributed by atoms with Gasteiger partial charge < -0.3 is 4.74 Å². The Labute approximate surface area is 83.2 Å². The summed E-state index contributed by atoms with van der Waals surface area (Å²) in [7, 11) is 0. The molecule has 0 N–H and O–H groups in total. The van der Waals surface area contributed by atoms with E-state index in [1.54, 1.807) is 6.92 Å². The van der Waals surface area contributed by atoms with Gasteiger partial charge in [0, 0.05) is 12.0 Å². The first-order chi connectivity index (χ1) is 6.75. The number of carbonyl (C=O) groups is 1. The van der Waals surface area contributed by atoms with Crippen molar-refractivity contribution in [3.8, 4) is 0 Å². The normalized spacial score (nSPS) is 20.5. The van der Waals surface area contributed by atoms with E-state index in [1.165, 1.54) is 5.56 Å². The zero-order valence-electron chi connectivity index (χ0n) is 8.07.